The Hall–Kier alpha value is -8.98. The summed E-state index contributed by atoms with van der Waals surface area (Å²) >= 11 is 0. The molecule has 1 aromatic heterocycles. The van der Waals surface area contributed by atoms with Gasteiger partial charge >= 0.3 is 0 Å². The molecule has 11 aromatic carbocycles. The van der Waals surface area contributed by atoms with Crippen LogP contribution in [0.1, 0.15) is 22.3 Å². The molecule has 2 heteroatoms. The maximum Gasteiger partial charge on any atom is 0.143 e. The largest absolute Gasteiger partial charge is 0.455 e. The molecular weight excluding hydrogens is 835 g/mol. The van der Waals surface area contributed by atoms with Crippen LogP contribution in [0.3, 0.4) is 0 Å². The van der Waals surface area contributed by atoms with E-state index >= 15 is 0 Å². The van der Waals surface area contributed by atoms with Crippen LogP contribution < -0.4 is 4.90 Å². The number of hydrogen-bond acceptors (Lipinski definition) is 2. The molecule has 0 bridgehead atoms. The van der Waals surface area contributed by atoms with Gasteiger partial charge in [0.1, 0.15) is 11.2 Å². The SMILES string of the molecule is c1ccc(-c2ccccc2-c2c(-c3ccccc3)cccc2N(c2ccccc2-c2cccc3c2oc2ccccc23)c2cccc3c2-c2ccccc2C3(c2ccccc2)c2ccccc2)cc1. The zero-order valence-corrected chi connectivity index (χ0v) is 37.8. The maximum absolute atomic E-state index is 6.85. The first-order valence-corrected chi connectivity index (χ1v) is 23.8. The lowest BCUT2D eigenvalue weighted by Crippen LogP contribution is -2.28. The topological polar surface area (TPSA) is 16.4 Å². The first-order chi connectivity index (χ1) is 34.3. The minimum Gasteiger partial charge on any atom is -0.455 e. The molecule has 0 aliphatic heterocycles. The molecule has 0 amide bonds. The predicted octanol–water partition coefficient (Wildman–Crippen LogP) is 18.1. The highest BCUT2D eigenvalue weighted by atomic mass is 16.3. The van der Waals surface area contributed by atoms with E-state index in [1.807, 2.05) is 6.07 Å². The fourth-order valence-electron chi connectivity index (χ4n) is 11.3. The smallest absolute Gasteiger partial charge is 0.143 e. The molecule has 12 aromatic rings. The number of benzene rings is 11. The van der Waals surface area contributed by atoms with Crippen LogP contribution in [-0.2, 0) is 5.41 Å². The standard InChI is InChI=1S/C67H45NO/c1-5-24-46(25-6-1)50-32-13-14-35-54(50)64-51(47-26-7-2-8-27-47)37-22-43-61(64)68(60-42-19-16-33-52(60)55-38-21-39-56-53-34-17-20-45-63(53)69-66(55)56)62-44-23-41-59-65(62)57-36-15-18-40-58(57)67(59,48-28-9-3-10-29-48)49-30-11-4-12-31-49/h1-45H. The Morgan fingerprint density at radius 3 is 1.43 bits per heavy atom. The molecule has 2 nitrogen and oxygen atoms in total. The van der Waals surface area contributed by atoms with Gasteiger partial charge in [0, 0.05) is 33.0 Å². The summed E-state index contributed by atoms with van der Waals surface area (Å²) in [4.78, 5) is 2.56. The highest BCUT2D eigenvalue weighted by Gasteiger charge is 2.47. The molecule has 13 rings (SSSR count). The summed E-state index contributed by atoms with van der Waals surface area (Å²) in [7, 11) is 0. The van der Waals surface area contributed by atoms with Crippen LogP contribution in [0.25, 0.3) is 77.6 Å². The monoisotopic (exact) mass is 879 g/mol. The summed E-state index contributed by atoms with van der Waals surface area (Å²) in [6.45, 7) is 0. The van der Waals surface area contributed by atoms with Crippen molar-refractivity contribution in [3.8, 4) is 55.6 Å². The zero-order valence-electron chi connectivity index (χ0n) is 37.8. The minimum absolute atomic E-state index is 0.593. The van der Waals surface area contributed by atoms with Crippen LogP contribution in [0.2, 0.25) is 0 Å². The summed E-state index contributed by atoms with van der Waals surface area (Å²) < 4.78 is 6.85. The molecule has 1 aliphatic rings. The summed E-state index contributed by atoms with van der Waals surface area (Å²) in [5.41, 5.74) is 20.7. The lowest BCUT2D eigenvalue weighted by molar-refractivity contribution is 0.670. The second-order valence-electron chi connectivity index (χ2n) is 17.8. The van der Waals surface area contributed by atoms with E-state index in [4.69, 9.17) is 4.42 Å². The van der Waals surface area contributed by atoms with Crippen molar-refractivity contribution in [1.82, 2.24) is 0 Å². The van der Waals surface area contributed by atoms with Crippen LogP contribution in [0.4, 0.5) is 17.1 Å². The van der Waals surface area contributed by atoms with Crippen LogP contribution in [0.15, 0.2) is 277 Å². The molecule has 0 radical (unpaired) electrons. The number of hydrogen-bond donors (Lipinski definition) is 0. The fourth-order valence-corrected chi connectivity index (χ4v) is 11.3. The highest BCUT2D eigenvalue weighted by Crippen LogP contribution is 2.61. The van der Waals surface area contributed by atoms with Gasteiger partial charge in [0.05, 0.1) is 22.5 Å². The molecule has 324 valence electrons. The molecule has 69 heavy (non-hydrogen) atoms. The van der Waals surface area contributed by atoms with Gasteiger partial charge in [-0.05, 0) is 79.9 Å². The van der Waals surface area contributed by atoms with Crippen LogP contribution in [0, 0.1) is 0 Å². The van der Waals surface area contributed by atoms with Crippen molar-refractivity contribution < 1.29 is 4.42 Å². The van der Waals surface area contributed by atoms with Crippen LogP contribution in [-0.4, -0.2) is 0 Å². The summed E-state index contributed by atoms with van der Waals surface area (Å²) in [5.74, 6) is 0. The van der Waals surface area contributed by atoms with E-state index < -0.39 is 5.41 Å². The van der Waals surface area contributed by atoms with Crippen molar-refractivity contribution >= 4 is 39.0 Å². The van der Waals surface area contributed by atoms with Crippen molar-refractivity contribution in [3.05, 3.63) is 295 Å². The molecule has 0 N–H and O–H groups in total. The predicted molar refractivity (Wildman–Crippen MR) is 287 cm³/mol. The van der Waals surface area contributed by atoms with Gasteiger partial charge in [-0.3, -0.25) is 0 Å². The Morgan fingerprint density at radius 2 is 0.725 bits per heavy atom. The van der Waals surface area contributed by atoms with Crippen molar-refractivity contribution in [2.45, 2.75) is 5.41 Å². The third kappa shape index (κ3) is 6.41. The average Bonchev–Trinajstić information content (AvgIpc) is 3.97. The summed E-state index contributed by atoms with van der Waals surface area (Å²) in [6.07, 6.45) is 0. The van der Waals surface area contributed by atoms with E-state index in [-0.39, 0.29) is 0 Å². The molecular formula is C67H45NO. The molecule has 0 unspecified atom stereocenters. The fraction of sp³-hybridized carbons (Fsp3) is 0.0149. The quantitative estimate of drug-likeness (QED) is 0.144. The zero-order chi connectivity index (χ0) is 45.7. The van der Waals surface area contributed by atoms with Gasteiger partial charge in [0.25, 0.3) is 0 Å². The molecule has 1 heterocycles. The number of rotatable bonds is 9. The Kier molecular flexibility index (Phi) is 9.77. The normalized spacial score (nSPS) is 12.5. The van der Waals surface area contributed by atoms with Gasteiger partial charge in [-0.2, -0.15) is 0 Å². The van der Waals surface area contributed by atoms with Crippen LogP contribution >= 0.6 is 0 Å². The lowest BCUT2D eigenvalue weighted by atomic mass is 9.68. The third-order valence-electron chi connectivity index (χ3n) is 14.2. The molecule has 1 aliphatic carbocycles. The number of para-hydroxylation sites is 3. The van der Waals surface area contributed by atoms with E-state index in [9.17, 15) is 0 Å². The van der Waals surface area contributed by atoms with Gasteiger partial charge < -0.3 is 9.32 Å². The maximum atomic E-state index is 6.85. The first kappa shape index (κ1) is 40.3. The Labute approximate surface area is 402 Å². The summed E-state index contributed by atoms with van der Waals surface area (Å²) in [6, 6.07) is 99.4. The summed E-state index contributed by atoms with van der Waals surface area (Å²) in [5, 5.41) is 2.20. The number of furan rings is 1. The Morgan fingerprint density at radius 1 is 0.275 bits per heavy atom. The number of fused-ring (bicyclic) bond motifs is 6. The molecule has 0 spiro atoms. The lowest BCUT2D eigenvalue weighted by Gasteiger charge is -2.35. The van der Waals surface area contributed by atoms with E-state index in [2.05, 4.69) is 272 Å². The van der Waals surface area contributed by atoms with Gasteiger partial charge in [0.2, 0.25) is 0 Å². The number of anilines is 3. The second kappa shape index (κ2) is 16.7. The minimum atomic E-state index is -0.593. The molecule has 0 atom stereocenters. The van der Waals surface area contributed by atoms with E-state index in [0.29, 0.717) is 0 Å². The second-order valence-corrected chi connectivity index (χ2v) is 17.8. The Balaban J connectivity index is 1.18. The van der Waals surface area contributed by atoms with E-state index in [0.717, 1.165) is 77.9 Å². The van der Waals surface area contributed by atoms with Gasteiger partial charge in [-0.25, -0.2) is 0 Å². The van der Waals surface area contributed by atoms with Crippen molar-refractivity contribution in [3.63, 3.8) is 0 Å². The van der Waals surface area contributed by atoms with Gasteiger partial charge in [0.15, 0.2) is 0 Å². The first-order valence-electron chi connectivity index (χ1n) is 23.8. The Bertz CT molecular complexity index is 3800. The van der Waals surface area contributed by atoms with Crippen LogP contribution in [0.5, 0.6) is 0 Å². The van der Waals surface area contributed by atoms with Crippen molar-refractivity contribution in [2.24, 2.45) is 0 Å². The molecule has 0 fully saturated rings. The van der Waals surface area contributed by atoms with Crippen molar-refractivity contribution in [2.75, 3.05) is 4.90 Å². The molecule has 0 saturated heterocycles. The van der Waals surface area contributed by atoms with Crippen molar-refractivity contribution in [1.29, 1.82) is 0 Å². The van der Waals surface area contributed by atoms with Gasteiger partial charge in [-0.1, -0.05) is 249 Å². The van der Waals surface area contributed by atoms with E-state index in [1.165, 1.54) is 38.9 Å². The highest BCUT2D eigenvalue weighted by molar-refractivity contribution is 6.12. The number of nitrogens with zero attached hydrogens (tertiary/aromatic N) is 1. The van der Waals surface area contributed by atoms with E-state index in [1.54, 1.807) is 0 Å². The van der Waals surface area contributed by atoms with Gasteiger partial charge in [-0.15, -0.1) is 0 Å². The third-order valence-corrected chi connectivity index (χ3v) is 14.2. The average molecular weight is 880 g/mol. The molecule has 0 saturated carbocycles.